The molecule has 5 heteroatoms. The molecule has 3 aromatic rings. The fourth-order valence-corrected chi connectivity index (χ4v) is 7.12. The number of fused-ring (bicyclic) bond motifs is 2. The average molecular weight is 389 g/mol. The quantitative estimate of drug-likeness (QED) is 0.472. The molecule has 0 saturated heterocycles. The molecule has 1 fully saturated rings. The highest BCUT2D eigenvalue weighted by Gasteiger charge is 2.37. The monoisotopic (exact) mass is 389 g/mol. The van der Waals surface area contributed by atoms with Crippen molar-refractivity contribution in [3.63, 3.8) is 0 Å². The van der Waals surface area contributed by atoms with Crippen LogP contribution < -0.4 is 20.7 Å². The van der Waals surface area contributed by atoms with E-state index in [2.05, 4.69) is 0 Å². The van der Waals surface area contributed by atoms with Crippen molar-refractivity contribution in [3.05, 3.63) is 78.9 Å². The van der Waals surface area contributed by atoms with Crippen molar-refractivity contribution < 1.29 is 14.3 Å². The van der Waals surface area contributed by atoms with Crippen LogP contribution in [-0.2, 0) is 4.74 Å². The molecule has 0 spiro atoms. The average Bonchev–Trinajstić information content (AvgIpc) is 3.57. The number of amides is 1. The van der Waals surface area contributed by atoms with Gasteiger partial charge >= 0.3 is 6.09 Å². The maximum Gasteiger partial charge on any atom is 0.433 e. The van der Waals surface area contributed by atoms with E-state index >= 15 is 0 Å². The first kappa shape index (κ1) is 17.3. The van der Waals surface area contributed by atoms with E-state index in [0.29, 0.717) is 12.5 Å². The summed E-state index contributed by atoms with van der Waals surface area (Å²) in [6.45, 7) is 0.455. The van der Waals surface area contributed by atoms with Crippen LogP contribution in [-0.4, -0.2) is 12.7 Å². The van der Waals surface area contributed by atoms with Crippen LogP contribution in [0.25, 0.3) is 0 Å². The van der Waals surface area contributed by atoms with Crippen molar-refractivity contribution >= 4 is 29.1 Å². The first-order valence-electron chi connectivity index (χ1n) is 9.49. The Kier molecular flexibility index (Phi) is 4.29. The van der Waals surface area contributed by atoms with E-state index in [9.17, 15) is 4.79 Å². The number of benzene rings is 3. The number of rotatable bonds is 3. The van der Waals surface area contributed by atoms with E-state index in [4.69, 9.17) is 14.2 Å². The highest BCUT2D eigenvalue weighted by Crippen LogP contribution is 2.54. The van der Waals surface area contributed by atoms with E-state index in [1.165, 1.54) is 0 Å². The minimum atomic E-state index is -2.59. The summed E-state index contributed by atoms with van der Waals surface area (Å²) in [6, 6.07) is 25.8. The Labute approximate surface area is 164 Å². The molecule has 0 radical (unpaired) electrons. The van der Waals surface area contributed by atoms with Crippen molar-refractivity contribution in [1.29, 1.82) is 0 Å². The molecule has 3 aromatic carbocycles. The molecular formula is C23H20NO3P. The van der Waals surface area contributed by atoms with Gasteiger partial charge in [-0.25, -0.2) is 4.79 Å². The Hall–Kier alpha value is -2.84. The number of hydrogen-bond donors (Lipinski definition) is 0. The molecule has 4 nitrogen and oxygen atoms in total. The van der Waals surface area contributed by atoms with Crippen LogP contribution in [0, 0.1) is 5.92 Å². The molecular weight excluding hydrogens is 369 g/mol. The van der Waals surface area contributed by atoms with Crippen LogP contribution in [0.2, 0.25) is 0 Å². The maximum absolute atomic E-state index is 12.8. The van der Waals surface area contributed by atoms with E-state index in [1.807, 2.05) is 78.9 Å². The third-order valence-corrected chi connectivity index (χ3v) is 8.79. The number of carbonyl (C=O) groups is 1. The summed E-state index contributed by atoms with van der Waals surface area (Å²) in [4.78, 5) is 12.8. The Morgan fingerprint density at radius 1 is 0.893 bits per heavy atom. The second-order valence-corrected chi connectivity index (χ2v) is 10.1. The SMILES string of the molecule is O=C(N=P1(c2ccccc2)c2ccccc2Oc2ccccc21)OCC1CC1. The number of carbonyl (C=O) groups excluding carboxylic acids is 1. The molecule has 140 valence electrons. The lowest BCUT2D eigenvalue weighted by atomic mass is 10.3. The number of nitrogens with zero attached hydrogens (tertiary/aromatic N) is 1. The summed E-state index contributed by atoms with van der Waals surface area (Å²) in [5, 5.41) is 2.91. The minimum Gasteiger partial charge on any atom is -0.456 e. The molecule has 1 heterocycles. The van der Waals surface area contributed by atoms with Crippen LogP contribution in [0.3, 0.4) is 0 Å². The molecule has 28 heavy (non-hydrogen) atoms. The molecule has 1 amide bonds. The largest absolute Gasteiger partial charge is 0.456 e. The summed E-state index contributed by atoms with van der Waals surface area (Å²) < 4.78 is 16.5. The van der Waals surface area contributed by atoms with Crippen molar-refractivity contribution in [3.8, 4) is 11.5 Å². The second kappa shape index (κ2) is 6.96. The van der Waals surface area contributed by atoms with Crippen molar-refractivity contribution in [2.75, 3.05) is 6.61 Å². The van der Waals surface area contributed by atoms with Gasteiger partial charge in [0, 0.05) is 15.9 Å². The van der Waals surface area contributed by atoms with Gasteiger partial charge in [-0.05, 0) is 43.0 Å². The van der Waals surface area contributed by atoms with Gasteiger partial charge in [-0.15, -0.1) is 0 Å². The van der Waals surface area contributed by atoms with Crippen molar-refractivity contribution in [2.24, 2.45) is 10.7 Å². The van der Waals surface area contributed by atoms with E-state index in [-0.39, 0.29) is 0 Å². The molecule has 0 aromatic heterocycles. The van der Waals surface area contributed by atoms with Crippen LogP contribution in [0.1, 0.15) is 12.8 Å². The Morgan fingerprint density at radius 3 is 2.07 bits per heavy atom. The summed E-state index contributed by atoms with van der Waals surface area (Å²) >= 11 is 0. The predicted molar refractivity (Wildman–Crippen MR) is 112 cm³/mol. The number of para-hydroxylation sites is 2. The van der Waals surface area contributed by atoms with E-state index in [0.717, 1.165) is 40.3 Å². The van der Waals surface area contributed by atoms with E-state index in [1.54, 1.807) is 0 Å². The zero-order chi connectivity index (χ0) is 19.0. The standard InChI is InChI=1S/C23H20NO3P/c25-23(26-16-17-14-15-17)24-28(18-8-2-1-3-9-18)21-12-6-4-10-19(21)27-20-11-5-7-13-22(20)28/h1-13,17H,14-16H2. The zero-order valence-electron chi connectivity index (χ0n) is 15.3. The molecule has 1 aliphatic carbocycles. The highest BCUT2D eigenvalue weighted by atomic mass is 31.2. The van der Waals surface area contributed by atoms with Gasteiger partial charge in [-0.3, -0.25) is 0 Å². The summed E-state index contributed by atoms with van der Waals surface area (Å²) in [5.74, 6) is 1.99. The Morgan fingerprint density at radius 2 is 1.46 bits per heavy atom. The molecule has 5 rings (SSSR count). The lowest BCUT2D eigenvalue weighted by molar-refractivity contribution is 0.152. The highest BCUT2D eigenvalue weighted by molar-refractivity contribution is 7.88. The zero-order valence-corrected chi connectivity index (χ0v) is 16.2. The second-order valence-electron chi connectivity index (χ2n) is 7.13. The fourth-order valence-electron chi connectivity index (χ4n) is 3.58. The normalized spacial score (nSPS) is 16.3. The van der Waals surface area contributed by atoms with Crippen LogP contribution in [0.5, 0.6) is 11.5 Å². The van der Waals surface area contributed by atoms with E-state index < -0.39 is 13.1 Å². The lowest BCUT2D eigenvalue weighted by Gasteiger charge is -2.33. The molecule has 0 bridgehead atoms. The van der Waals surface area contributed by atoms with Crippen LogP contribution in [0.4, 0.5) is 4.79 Å². The first-order valence-corrected chi connectivity index (χ1v) is 11.2. The molecule has 0 unspecified atom stereocenters. The fraction of sp³-hybridized carbons (Fsp3) is 0.174. The van der Waals surface area contributed by atoms with Crippen LogP contribution >= 0.6 is 7.05 Å². The van der Waals surface area contributed by atoms with Gasteiger partial charge in [-0.1, -0.05) is 54.6 Å². The van der Waals surface area contributed by atoms with Gasteiger partial charge in [-0.2, -0.15) is 4.74 Å². The Balaban J connectivity index is 1.78. The van der Waals surface area contributed by atoms with Gasteiger partial charge in [0.2, 0.25) is 0 Å². The number of ether oxygens (including phenoxy) is 2. The predicted octanol–water partition coefficient (Wildman–Crippen LogP) is 4.82. The minimum absolute atomic E-state index is 0.455. The summed E-state index contributed by atoms with van der Waals surface area (Å²) in [5.41, 5.74) is 0. The first-order chi connectivity index (χ1) is 13.8. The third-order valence-electron chi connectivity index (χ3n) is 5.15. The Bertz CT molecular complexity index is 1040. The van der Waals surface area contributed by atoms with Gasteiger partial charge in [0.1, 0.15) is 11.5 Å². The smallest absolute Gasteiger partial charge is 0.433 e. The third kappa shape index (κ3) is 2.94. The molecule has 0 atom stereocenters. The van der Waals surface area contributed by atoms with Gasteiger partial charge < -0.3 is 9.47 Å². The van der Waals surface area contributed by atoms with Gasteiger partial charge in [0.25, 0.3) is 0 Å². The van der Waals surface area contributed by atoms with Gasteiger partial charge in [0.05, 0.1) is 13.7 Å². The topological polar surface area (TPSA) is 47.9 Å². The molecule has 1 aliphatic heterocycles. The van der Waals surface area contributed by atoms with Crippen molar-refractivity contribution in [2.45, 2.75) is 12.8 Å². The molecule has 2 aliphatic rings. The lowest BCUT2D eigenvalue weighted by Crippen LogP contribution is -2.31. The van der Waals surface area contributed by atoms with Crippen molar-refractivity contribution in [1.82, 2.24) is 0 Å². The summed E-state index contributed by atoms with van der Waals surface area (Å²) in [6.07, 6.45) is 1.77. The molecule has 0 N–H and O–H groups in total. The van der Waals surface area contributed by atoms with Gasteiger partial charge in [0.15, 0.2) is 0 Å². The maximum atomic E-state index is 12.8. The summed E-state index contributed by atoms with van der Waals surface area (Å²) in [7, 11) is -2.59. The molecule has 1 saturated carbocycles. The number of hydrogen-bond acceptors (Lipinski definition) is 3. The van der Waals surface area contributed by atoms with Crippen LogP contribution in [0.15, 0.2) is 83.6 Å².